The predicted molar refractivity (Wildman–Crippen MR) is 71.3 cm³/mol. The minimum atomic E-state index is 0.101. The Kier molecular flexibility index (Phi) is 5.98. The molecule has 0 aliphatic rings. The van der Waals surface area contributed by atoms with Crippen LogP contribution in [0.2, 0.25) is 0 Å². The van der Waals surface area contributed by atoms with Gasteiger partial charge in [-0.2, -0.15) is 0 Å². The van der Waals surface area contributed by atoms with Crippen molar-refractivity contribution < 1.29 is 4.79 Å². The van der Waals surface area contributed by atoms with Crippen molar-refractivity contribution >= 4 is 5.78 Å². The van der Waals surface area contributed by atoms with Gasteiger partial charge in [-0.1, -0.05) is 26.0 Å². The minimum absolute atomic E-state index is 0.101. The van der Waals surface area contributed by atoms with Gasteiger partial charge in [-0.3, -0.25) is 4.79 Å². The Morgan fingerprint density at radius 1 is 1.50 bits per heavy atom. The van der Waals surface area contributed by atoms with E-state index in [-0.39, 0.29) is 11.7 Å². The number of aromatic nitrogens is 3. The molecule has 102 valence electrons. The highest BCUT2D eigenvalue weighted by Gasteiger charge is 2.18. The van der Waals surface area contributed by atoms with Crippen LogP contribution in [0.5, 0.6) is 0 Å². The van der Waals surface area contributed by atoms with Crippen LogP contribution in [0.3, 0.4) is 0 Å². The predicted octanol–water partition coefficient (Wildman–Crippen LogP) is 1.88. The lowest BCUT2D eigenvalue weighted by atomic mass is 9.92. The average molecular weight is 252 g/mol. The molecule has 5 heteroatoms. The van der Waals surface area contributed by atoms with E-state index in [1.54, 1.807) is 10.9 Å². The fraction of sp³-hybridized carbons (Fsp3) is 0.769. The van der Waals surface area contributed by atoms with E-state index in [1.165, 1.54) is 0 Å². The normalized spacial score (nSPS) is 12.9. The summed E-state index contributed by atoms with van der Waals surface area (Å²) in [5.41, 5.74) is 6.34. The van der Waals surface area contributed by atoms with E-state index in [0.717, 1.165) is 19.4 Å². The third kappa shape index (κ3) is 4.22. The Balaban J connectivity index is 2.65. The zero-order valence-electron chi connectivity index (χ0n) is 11.6. The van der Waals surface area contributed by atoms with Gasteiger partial charge in [0.15, 0.2) is 5.78 Å². The second-order valence-corrected chi connectivity index (χ2v) is 5.20. The van der Waals surface area contributed by atoms with E-state index in [2.05, 4.69) is 31.1 Å². The number of hydrogen-bond acceptors (Lipinski definition) is 4. The molecule has 0 aromatic carbocycles. The molecule has 1 unspecified atom stereocenters. The molecule has 1 heterocycles. The van der Waals surface area contributed by atoms with Crippen molar-refractivity contribution in [1.29, 1.82) is 0 Å². The molecule has 1 aromatic heterocycles. The lowest BCUT2D eigenvalue weighted by Gasteiger charge is -2.16. The van der Waals surface area contributed by atoms with Crippen LogP contribution in [0.1, 0.15) is 50.5 Å². The summed E-state index contributed by atoms with van der Waals surface area (Å²) in [5, 5.41) is 7.75. The van der Waals surface area contributed by atoms with E-state index in [1.807, 2.05) is 0 Å². The topological polar surface area (TPSA) is 73.8 Å². The summed E-state index contributed by atoms with van der Waals surface area (Å²) in [6.07, 6.45) is 3.97. The third-order valence-electron chi connectivity index (χ3n) is 2.95. The molecule has 2 N–H and O–H groups in total. The highest BCUT2D eigenvalue weighted by Crippen LogP contribution is 2.17. The highest BCUT2D eigenvalue weighted by atomic mass is 16.1. The van der Waals surface area contributed by atoms with Gasteiger partial charge in [-0.15, -0.1) is 5.10 Å². The molecule has 0 saturated carbocycles. The van der Waals surface area contributed by atoms with Crippen molar-refractivity contribution in [3.8, 4) is 0 Å². The van der Waals surface area contributed by atoms with Crippen molar-refractivity contribution in [3.05, 3.63) is 11.9 Å². The lowest BCUT2D eigenvalue weighted by Crippen LogP contribution is -2.21. The molecule has 0 aliphatic carbocycles. The smallest absolute Gasteiger partial charge is 0.182 e. The van der Waals surface area contributed by atoms with Crippen LogP contribution in [-0.2, 0) is 6.54 Å². The summed E-state index contributed by atoms with van der Waals surface area (Å²) in [6, 6.07) is 0. The zero-order chi connectivity index (χ0) is 13.5. The molecule has 0 fully saturated rings. The van der Waals surface area contributed by atoms with Gasteiger partial charge in [-0.25, -0.2) is 4.68 Å². The first kappa shape index (κ1) is 14.8. The van der Waals surface area contributed by atoms with E-state index in [4.69, 9.17) is 5.73 Å². The molecule has 0 bridgehead atoms. The maximum absolute atomic E-state index is 12.2. The monoisotopic (exact) mass is 252 g/mol. The maximum Gasteiger partial charge on any atom is 0.182 e. The van der Waals surface area contributed by atoms with Gasteiger partial charge in [0, 0.05) is 13.0 Å². The number of Topliss-reactive ketones (excluding diaryl/α,β-unsaturated/α-hetero) is 1. The summed E-state index contributed by atoms with van der Waals surface area (Å²) in [5.74, 6) is 0.914. The quantitative estimate of drug-likeness (QED) is 0.717. The van der Waals surface area contributed by atoms with Crippen molar-refractivity contribution in [1.82, 2.24) is 15.0 Å². The van der Waals surface area contributed by atoms with Crippen molar-refractivity contribution in [3.63, 3.8) is 0 Å². The van der Waals surface area contributed by atoms with Crippen molar-refractivity contribution in [2.45, 2.75) is 46.6 Å². The molecule has 5 nitrogen and oxygen atoms in total. The number of hydrogen-bond donors (Lipinski definition) is 1. The molecular weight excluding hydrogens is 228 g/mol. The van der Waals surface area contributed by atoms with Crippen LogP contribution < -0.4 is 5.73 Å². The summed E-state index contributed by atoms with van der Waals surface area (Å²) in [4.78, 5) is 12.2. The van der Waals surface area contributed by atoms with Gasteiger partial charge in [0.1, 0.15) is 5.69 Å². The summed E-state index contributed by atoms with van der Waals surface area (Å²) < 4.78 is 1.69. The molecule has 18 heavy (non-hydrogen) atoms. The molecular formula is C13H24N4O. The molecule has 0 amide bonds. The standard InChI is InChI=1S/C13H24N4O/c1-4-5-17-12(9-15-16-17)13(18)7-11(8-14)6-10(2)3/h9-11H,4-8,14H2,1-3H3. The van der Waals surface area contributed by atoms with Gasteiger partial charge in [0.25, 0.3) is 0 Å². The van der Waals surface area contributed by atoms with E-state index >= 15 is 0 Å². The Bertz CT molecular complexity index is 373. The number of carbonyl (C=O) groups is 1. The molecule has 1 aromatic rings. The molecule has 1 atom stereocenters. The SMILES string of the molecule is CCCn1nncc1C(=O)CC(CN)CC(C)C. The van der Waals surface area contributed by atoms with Gasteiger partial charge in [0.05, 0.1) is 6.20 Å². The first-order valence-corrected chi connectivity index (χ1v) is 6.70. The Hall–Kier alpha value is -1.23. The zero-order valence-corrected chi connectivity index (χ0v) is 11.6. The number of rotatable bonds is 8. The van der Waals surface area contributed by atoms with Crippen molar-refractivity contribution in [2.24, 2.45) is 17.6 Å². The largest absolute Gasteiger partial charge is 0.330 e. The van der Waals surface area contributed by atoms with Gasteiger partial charge < -0.3 is 5.73 Å². The summed E-state index contributed by atoms with van der Waals surface area (Å²) in [6.45, 7) is 7.64. The number of nitrogens with zero attached hydrogens (tertiary/aromatic N) is 3. The average Bonchev–Trinajstić information content (AvgIpc) is 2.76. The first-order valence-electron chi connectivity index (χ1n) is 6.70. The number of carbonyl (C=O) groups excluding carboxylic acids is 1. The van der Waals surface area contributed by atoms with Gasteiger partial charge in [-0.05, 0) is 31.2 Å². The van der Waals surface area contributed by atoms with Crippen molar-refractivity contribution in [2.75, 3.05) is 6.54 Å². The minimum Gasteiger partial charge on any atom is -0.330 e. The highest BCUT2D eigenvalue weighted by molar-refractivity contribution is 5.94. The van der Waals surface area contributed by atoms with Gasteiger partial charge in [0.2, 0.25) is 0 Å². The number of ketones is 1. The van der Waals surface area contributed by atoms with E-state index in [9.17, 15) is 4.79 Å². The van der Waals surface area contributed by atoms with Crippen LogP contribution in [0.15, 0.2) is 6.20 Å². The molecule has 0 aliphatic heterocycles. The fourth-order valence-electron chi connectivity index (χ4n) is 2.15. The number of nitrogens with two attached hydrogens (primary N) is 1. The molecule has 0 spiro atoms. The first-order chi connectivity index (χ1) is 8.58. The Morgan fingerprint density at radius 2 is 2.22 bits per heavy atom. The molecule has 1 rings (SSSR count). The van der Waals surface area contributed by atoms with Crippen LogP contribution in [0, 0.1) is 11.8 Å². The molecule has 0 saturated heterocycles. The lowest BCUT2D eigenvalue weighted by molar-refractivity contribution is 0.0946. The third-order valence-corrected chi connectivity index (χ3v) is 2.95. The van der Waals surface area contributed by atoms with Crippen LogP contribution in [0.25, 0.3) is 0 Å². The van der Waals surface area contributed by atoms with Crippen LogP contribution in [0.4, 0.5) is 0 Å². The summed E-state index contributed by atoms with van der Waals surface area (Å²) >= 11 is 0. The fourth-order valence-corrected chi connectivity index (χ4v) is 2.15. The maximum atomic E-state index is 12.2. The van der Waals surface area contributed by atoms with E-state index < -0.39 is 0 Å². The van der Waals surface area contributed by atoms with Crippen LogP contribution in [-0.4, -0.2) is 27.3 Å². The second kappa shape index (κ2) is 7.26. The van der Waals surface area contributed by atoms with Gasteiger partial charge >= 0.3 is 0 Å². The summed E-state index contributed by atoms with van der Waals surface area (Å²) in [7, 11) is 0. The second-order valence-electron chi connectivity index (χ2n) is 5.20. The molecule has 0 radical (unpaired) electrons. The number of aryl methyl sites for hydroxylation is 1. The van der Waals surface area contributed by atoms with Crippen LogP contribution >= 0.6 is 0 Å². The Labute approximate surface area is 109 Å². The Morgan fingerprint density at radius 3 is 2.78 bits per heavy atom. The van der Waals surface area contributed by atoms with E-state index in [0.29, 0.717) is 24.6 Å².